The molecule has 2 aromatic rings. The van der Waals surface area contributed by atoms with Crippen molar-refractivity contribution in [3.8, 4) is 16.9 Å². The monoisotopic (exact) mass is 296 g/mol. The Morgan fingerprint density at radius 1 is 1.23 bits per heavy atom. The van der Waals surface area contributed by atoms with Crippen molar-refractivity contribution in [1.82, 2.24) is 9.78 Å². The number of hydrogen-bond donors (Lipinski definition) is 1. The fraction of sp³-hybridized carbons (Fsp3) is 0.444. The Morgan fingerprint density at radius 3 is 2.59 bits per heavy atom. The summed E-state index contributed by atoms with van der Waals surface area (Å²) in [7, 11) is 0. The normalized spacial score (nSPS) is 17.7. The molecule has 0 bridgehead atoms. The fourth-order valence-corrected chi connectivity index (χ4v) is 2.98. The zero-order valence-electron chi connectivity index (χ0n) is 12.7. The van der Waals surface area contributed by atoms with E-state index in [2.05, 4.69) is 5.10 Å². The highest BCUT2D eigenvalue weighted by Crippen LogP contribution is 2.45. The minimum atomic E-state index is -0.164. The van der Waals surface area contributed by atoms with Crippen molar-refractivity contribution in [1.29, 1.82) is 0 Å². The number of nitrogens with zero attached hydrogens (tertiary/aromatic N) is 2. The van der Waals surface area contributed by atoms with Gasteiger partial charge in [0.2, 0.25) is 0 Å². The van der Waals surface area contributed by atoms with Crippen LogP contribution in [0, 0.1) is 12.8 Å². The van der Waals surface area contributed by atoms with Gasteiger partial charge in [-0.3, -0.25) is 4.79 Å². The van der Waals surface area contributed by atoms with Crippen LogP contribution in [0.3, 0.4) is 0 Å². The van der Waals surface area contributed by atoms with Gasteiger partial charge in [0, 0.05) is 12.5 Å². The summed E-state index contributed by atoms with van der Waals surface area (Å²) in [5.41, 5.74) is 2.79. The van der Waals surface area contributed by atoms with Crippen LogP contribution in [0.2, 0.25) is 0 Å². The Balaban J connectivity index is 1.93. The Kier molecular flexibility index (Phi) is 3.06. The summed E-state index contributed by atoms with van der Waals surface area (Å²) < 4.78 is 1.59. The van der Waals surface area contributed by atoms with Gasteiger partial charge in [-0.2, -0.15) is 5.10 Å². The van der Waals surface area contributed by atoms with Gasteiger partial charge in [-0.15, -0.1) is 0 Å². The molecule has 2 aliphatic carbocycles. The van der Waals surface area contributed by atoms with E-state index in [-0.39, 0.29) is 11.3 Å². The molecule has 1 heterocycles. The minimum Gasteiger partial charge on any atom is -0.505 e. The highest BCUT2D eigenvalue weighted by molar-refractivity contribution is 5.73. The van der Waals surface area contributed by atoms with Crippen molar-refractivity contribution in [2.75, 3.05) is 0 Å². The lowest BCUT2D eigenvalue weighted by Crippen LogP contribution is -2.27. The first-order valence-corrected chi connectivity index (χ1v) is 8.05. The fourth-order valence-electron chi connectivity index (χ4n) is 2.98. The van der Waals surface area contributed by atoms with Crippen LogP contribution < -0.4 is 5.56 Å². The molecule has 2 saturated carbocycles. The molecule has 2 fully saturated rings. The molecule has 22 heavy (non-hydrogen) atoms. The van der Waals surface area contributed by atoms with E-state index in [1.807, 2.05) is 31.2 Å². The standard InChI is InChI=1S/C18H20N2O2/c1-11-4-2-3-5-14(11)15-17(21)16(13-8-9-13)19-20(18(15)22)10-12-6-7-12/h2-5,12-13,21H,6-10H2,1H3. The van der Waals surface area contributed by atoms with Crippen molar-refractivity contribution in [3.63, 3.8) is 0 Å². The van der Waals surface area contributed by atoms with Gasteiger partial charge in [0.05, 0.1) is 5.56 Å². The van der Waals surface area contributed by atoms with Crippen LogP contribution in [0.25, 0.3) is 11.1 Å². The molecule has 0 spiro atoms. The maximum absolute atomic E-state index is 12.8. The Morgan fingerprint density at radius 2 is 1.95 bits per heavy atom. The molecule has 4 rings (SSSR count). The number of aromatic hydroxyl groups is 1. The first-order chi connectivity index (χ1) is 10.6. The van der Waals surface area contributed by atoms with Crippen LogP contribution in [-0.2, 0) is 6.54 Å². The number of rotatable bonds is 4. The van der Waals surface area contributed by atoms with E-state index >= 15 is 0 Å². The molecule has 114 valence electrons. The summed E-state index contributed by atoms with van der Waals surface area (Å²) >= 11 is 0. The second-order valence-electron chi connectivity index (χ2n) is 6.63. The van der Waals surface area contributed by atoms with Crippen molar-refractivity contribution < 1.29 is 5.11 Å². The zero-order valence-corrected chi connectivity index (χ0v) is 12.7. The molecule has 1 N–H and O–H groups in total. The summed E-state index contributed by atoms with van der Waals surface area (Å²) in [5.74, 6) is 0.981. The molecule has 4 nitrogen and oxygen atoms in total. The molecule has 1 aromatic carbocycles. The second-order valence-corrected chi connectivity index (χ2v) is 6.63. The van der Waals surface area contributed by atoms with E-state index in [1.54, 1.807) is 4.68 Å². The summed E-state index contributed by atoms with van der Waals surface area (Å²) in [6.07, 6.45) is 4.45. The van der Waals surface area contributed by atoms with E-state index in [0.717, 1.165) is 24.0 Å². The van der Waals surface area contributed by atoms with Crippen LogP contribution in [-0.4, -0.2) is 14.9 Å². The van der Waals surface area contributed by atoms with Crippen LogP contribution in [0.5, 0.6) is 5.75 Å². The molecular formula is C18H20N2O2. The number of aromatic nitrogens is 2. The van der Waals surface area contributed by atoms with Crippen molar-refractivity contribution >= 4 is 0 Å². The predicted molar refractivity (Wildman–Crippen MR) is 85.0 cm³/mol. The molecule has 0 aliphatic heterocycles. The van der Waals surface area contributed by atoms with Gasteiger partial charge in [0.1, 0.15) is 5.69 Å². The molecule has 1 aromatic heterocycles. The number of benzene rings is 1. The topological polar surface area (TPSA) is 55.1 Å². The van der Waals surface area contributed by atoms with Gasteiger partial charge < -0.3 is 5.11 Å². The summed E-state index contributed by atoms with van der Waals surface area (Å²) in [5, 5.41) is 15.1. The van der Waals surface area contributed by atoms with Crippen molar-refractivity contribution in [3.05, 3.63) is 45.9 Å². The van der Waals surface area contributed by atoms with Crippen LogP contribution in [0.15, 0.2) is 29.1 Å². The minimum absolute atomic E-state index is 0.0915. The van der Waals surface area contributed by atoms with Gasteiger partial charge in [0.25, 0.3) is 5.56 Å². The smallest absolute Gasteiger partial charge is 0.278 e. The Labute approximate surface area is 129 Å². The Bertz CT molecular complexity index is 786. The molecule has 0 atom stereocenters. The molecule has 0 unspecified atom stereocenters. The van der Waals surface area contributed by atoms with Gasteiger partial charge in [-0.1, -0.05) is 24.3 Å². The van der Waals surface area contributed by atoms with E-state index in [0.29, 0.717) is 29.6 Å². The van der Waals surface area contributed by atoms with Crippen molar-refractivity contribution in [2.45, 2.75) is 45.1 Å². The molecule has 4 heteroatoms. The highest BCUT2D eigenvalue weighted by atomic mass is 16.3. The van der Waals surface area contributed by atoms with E-state index in [4.69, 9.17) is 0 Å². The average molecular weight is 296 g/mol. The van der Waals surface area contributed by atoms with Gasteiger partial charge >= 0.3 is 0 Å². The van der Waals surface area contributed by atoms with Gasteiger partial charge in [0.15, 0.2) is 5.75 Å². The largest absolute Gasteiger partial charge is 0.505 e. The van der Waals surface area contributed by atoms with Crippen LogP contribution >= 0.6 is 0 Å². The van der Waals surface area contributed by atoms with E-state index in [1.165, 1.54) is 12.8 Å². The van der Waals surface area contributed by atoms with Crippen LogP contribution in [0.4, 0.5) is 0 Å². The molecular weight excluding hydrogens is 276 g/mol. The first-order valence-electron chi connectivity index (χ1n) is 8.05. The van der Waals surface area contributed by atoms with Crippen LogP contribution in [0.1, 0.15) is 42.9 Å². The lowest BCUT2D eigenvalue weighted by molar-refractivity contribution is 0.444. The summed E-state index contributed by atoms with van der Waals surface area (Å²) in [4.78, 5) is 12.8. The quantitative estimate of drug-likeness (QED) is 0.942. The third kappa shape index (κ3) is 2.32. The highest BCUT2D eigenvalue weighted by Gasteiger charge is 2.33. The number of hydrogen-bond acceptors (Lipinski definition) is 3. The van der Waals surface area contributed by atoms with Gasteiger partial charge in [-0.05, 0) is 49.7 Å². The lowest BCUT2D eigenvalue weighted by Gasteiger charge is -2.14. The SMILES string of the molecule is Cc1ccccc1-c1c(O)c(C2CC2)nn(CC2CC2)c1=O. The maximum atomic E-state index is 12.8. The predicted octanol–water partition coefficient (Wildman–Crippen LogP) is 3.21. The first kappa shape index (κ1) is 13.6. The second kappa shape index (κ2) is 4.97. The number of aryl methyl sites for hydroxylation is 1. The molecule has 0 amide bonds. The van der Waals surface area contributed by atoms with E-state index < -0.39 is 0 Å². The average Bonchev–Trinajstić information content (AvgIpc) is 3.37. The molecule has 0 saturated heterocycles. The van der Waals surface area contributed by atoms with E-state index in [9.17, 15) is 9.90 Å². The Hall–Kier alpha value is -2.10. The lowest BCUT2D eigenvalue weighted by atomic mass is 10.00. The third-order valence-corrected chi connectivity index (χ3v) is 4.66. The molecule has 0 radical (unpaired) electrons. The summed E-state index contributed by atoms with van der Waals surface area (Å²) in [6.45, 7) is 2.65. The molecule has 2 aliphatic rings. The zero-order chi connectivity index (χ0) is 15.3. The maximum Gasteiger partial charge on any atom is 0.278 e. The van der Waals surface area contributed by atoms with Crippen molar-refractivity contribution in [2.24, 2.45) is 5.92 Å². The summed E-state index contributed by atoms with van der Waals surface area (Å²) in [6, 6.07) is 7.73. The third-order valence-electron chi connectivity index (χ3n) is 4.66. The van der Waals surface area contributed by atoms with Gasteiger partial charge in [-0.25, -0.2) is 4.68 Å².